The summed E-state index contributed by atoms with van der Waals surface area (Å²) in [5.41, 5.74) is 1.02. The quantitative estimate of drug-likeness (QED) is 0.687. The number of carbonyl (C=O) groups is 1. The molecule has 3 rings (SSSR count). The van der Waals surface area contributed by atoms with Crippen molar-refractivity contribution in [2.45, 2.75) is 37.2 Å². The third-order valence-corrected chi connectivity index (χ3v) is 6.93. The maximum absolute atomic E-state index is 12.7. The number of ether oxygens (including phenoxy) is 1. The highest BCUT2D eigenvalue weighted by Gasteiger charge is 2.26. The van der Waals surface area contributed by atoms with Gasteiger partial charge in [-0.05, 0) is 50.1 Å². The van der Waals surface area contributed by atoms with Crippen LogP contribution in [0.1, 0.15) is 48.2 Å². The number of halogens is 1. The average Bonchev–Trinajstić information content (AvgIpc) is 2.69. The predicted molar refractivity (Wildman–Crippen MR) is 104 cm³/mol. The van der Waals surface area contributed by atoms with Crippen molar-refractivity contribution in [3.8, 4) is 0 Å². The highest BCUT2D eigenvalue weighted by Crippen LogP contribution is 2.26. The molecule has 7 heteroatoms. The third-order valence-electron chi connectivity index (χ3n) is 4.67. The van der Waals surface area contributed by atoms with E-state index in [-0.39, 0.29) is 4.90 Å². The molecule has 144 valence electrons. The van der Waals surface area contributed by atoms with Gasteiger partial charge >= 0.3 is 5.97 Å². The van der Waals surface area contributed by atoms with Crippen LogP contribution in [-0.2, 0) is 14.8 Å². The van der Waals surface area contributed by atoms with E-state index in [9.17, 15) is 13.2 Å². The molecule has 1 fully saturated rings. The molecule has 2 aromatic carbocycles. The number of benzene rings is 2. The molecule has 1 heterocycles. The van der Waals surface area contributed by atoms with Gasteiger partial charge in [-0.1, -0.05) is 36.2 Å². The minimum Gasteiger partial charge on any atom is -0.454 e. The monoisotopic (exact) mass is 407 g/mol. The zero-order valence-electron chi connectivity index (χ0n) is 15.1. The zero-order chi connectivity index (χ0) is 19.4. The van der Waals surface area contributed by atoms with E-state index < -0.39 is 22.1 Å². The molecule has 0 aliphatic carbocycles. The fourth-order valence-electron chi connectivity index (χ4n) is 3.11. The number of carbonyl (C=O) groups excluding carboxylic acids is 1. The lowest BCUT2D eigenvalue weighted by Gasteiger charge is -2.25. The highest BCUT2D eigenvalue weighted by molar-refractivity contribution is 7.89. The first-order valence-electron chi connectivity index (χ1n) is 8.95. The largest absolute Gasteiger partial charge is 0.454 e. The van der Waals surface area contributed by atoms with Gasteiger partial charge in [0.05, 0.1) is 10.5 Å². The van der Waals surface area contributed by atoms with Gasteiger partial charge < -0.3 is 4.74 Å². The smallest absolute Gasteiger partial charge is 0.338 e. The van der Waals surface area contributed by atoms with Crippen LogP contribution in [-0.4, -0.2) is 31.8 Å². The van der Waals surface area contributed by atoms with Gasteiger partial charge in [0.15, 0.2) is 0 Å². The first-order valence-corrected chi connectivity index (χ1v) is 10.8. The number of esters is 1. The number of rotatable bonds is 5. The van der Waals surface area contributed by atoms with Gasteiger partial charge in [-0.15, -0.1) is 0 Å². The number of hydrogen-bond acceptors (Lipinski definition) is 4. The number of nitrogens with zero attached hydrogens (tertiary/aromatic N) is 1. The maximum Gasteiger partial charge on any atom is 0.338 e. The molecule has 5 nitrogen and oxygen atoms in total. The normalized spacial score (nSPS) is 16.7. The Hall–Kier alpha value is -1.89. The fraction of sp³-hybridized carbons (Fsp3) is 0.350. The van der Waals surface area contributed by atoms with Crippen LogP contribution in [0.3, 0.4) is 0 Å². The van der Waals surface area contributed by atoms with Gasteiger partial charge in [-0.2, -0.15) is 4.31 Å². The van der Waals surface area contributed by atoms with Gasteiger partial charge in [-0.25, -0.2) is 13.2 Å². The summed E-state index contributed by atoms with van der Waals surface area (Å²) < 4.78 is 32.3. The minimum absolute atomic E-state index is 0.195. The minimum atomic E-state index is -3.51. The van der Waals surface area contributed by atoms with E-state index in [1.54, 1.807) is 19.1 Å². The summed E-state index contributed by atoms with van der Waals surface area (Å²) in [5.74, 6) is -0.524. The van der Waals surface area contributed by atoms with Crippen LogP contribution in [0.4, 0.5) is 0 Å². The Bertz CT molecular complexity index is 906. The van der Waals surface area contributed by atoms with Crippen LogP contribution in [0.25, 0.3) is 0 Å². The van der Waals surface area contributed by atoms with E-state index in [0.29, 0.717) is 23.7 Å². The zero-order valence-corrected chi connectivity index (χ0v) is 16.7. The second kappa shape index (κ2) is 8.42. The molecule has 27 heavy (non-hydrogen) atoms. The third kappa shape index (κ3) is 4.51. The summed E-state index contributed by atoms with van der Waals surface area (Å²) in [6, 6.07) is 13.1. The Kier molecular flexibility index (Phi) is 6.19. The number of hydrogen-bond donors (Lipinski definition) is 0. The lowest BCUT2D eigenvalue weighted by molar-refractivity contribution is 0.0338. The lowest BCUT2D eigenvalue weighted by atomic mass is 10.1. The van der Waals surface area contributed by atoms with Crippen molar-refractivity contribution in [2.24, 2.45) is 0 Å². The molecule has 1 atom stereocenters. The molecular formula is C20H22ClNO4S. The maximum atomic E-state index is 12.7. The van der Waals surface area contributed by atoms with Crippen molar-refractivity contribution in [1.29, 1.82) is 0 Å². The Balaban J connectivity index is 1.71. The second-order valence-corrected chi connectivity index (χ2v) is 8.90. The van der Waals surface area contributed by atoms with Crippen molar-refractivity contribution in [1.82, 2.24) is 4.31 Å². The standard InChI is InChI=1S/C20H22ClNO4S/c1-15(18-7-3-4-8-19(18)21)26-20(23)16-9-11-17(12-10-16)27(24,25)22-13-5-2-6-14-22/h3-4,7-12,15H,2,5-6,13-14H2,1H3/t15-/m0/s1. The molecule has 0 N–H and O–H groups in total. The number of sulfonamides is 1. The predicted octanol–water partition coefficient (Wildman–Crippen LogP) is 4.43. The van der Waals surface area contributed by atoms with Crippen molar-refractivity contribution in [3.63, 3.8) is 0 Å². The molecule has 2 aromatic rings. The molecular weight excluding hydrogens is 386 g/mol. The summed E-state index contributed by atoms with van der Waals surface area (Å²) >= 11 is 6.13. The number of piperidine rings is 1. The van der Waals surface area contributed by atoms with E-state index in [0.717, 1.165) is 24.8 Å². The van der Waals surface area contributed by atoms with Gasteiger partial charge in [0.2, 0.25) is 10.0 Å². The Morgan fingerprint density at radius 2 is 1.67 bits per heavy atom. The lowest BCUT2D eigenvalue weighted by Crippen LogP contribution is -2.35. The van der Waals surface area contributed by atoms with E-state index in [2.05, 4.69) is 0 Å². The van der Waals surface area contributed by atoms with Crippen LogP contribution in [0.5, 0.6) is 0 Å². The second-order valence-electron chi connectivity index (χ2n) is 6.56. The van der Waals surface area contributed by atoms with Crippen molar-refractivity contribution in [3.05, 3.63) is 64.7 Å². The molecule has 0 amide bonds. The summed E-state index contributed by atoms with van der Waals surface area (Å²) in [5, 5.41) is 0.528. The summed E-state index contributed by atoms with van der Waals surface area (Å²) in [4.78, 5) is 12.6. The molecule has 0 aromatic heterocycles. The van der Waals surface area contributed by atoms with Crippen LogP contribution in [0.15, 0.2) is 53.4 Å². The van der Waals surface area contributed by atoms with Crippen LogP contribution >= 0.6 is 11.6 Å². The van der Waals surface area contributed by atoms with Crippen molar-refractivity contribution < 1.29 is 17.9 Å². The topological polar surface area (TPSA) is 63.7 Å². The van der Waals surface area contributed by atoms with Crippen molar-refractivity contribution in [2.75, 3.05) is 13.1 Å². The van der Waals surface area contributed by atoms with Gasteiger partial charge in [0.25, 0.3) is 0 Å². The van der Waals surface area contributed by atoms with Crippen LogP contribution in [0, 0.1) is 0 Å². The van der Waals surface area contributed by atoms with Gasteiger partial charge in [-0.3, -0.25) is 0 Å². The van der Waals surface area contributed by atoms with E-state index in [1.165, 1.54) is 28.6 Å². The molecule has 0 saturated carbocycles. The summed E-state index contributed by atoms with van der Waals surface area (Å²) in [7, 11) is -3.51. The molecule has 1 saturated heterocycles. The SMILES string of the molecule is C[C@H](OC(=O)c1ccc(S(=O)(=O)N2CCCCC2)cc1)c1ccccc1Cl. The molecule has 0 bridgehead atoms. The molecule has 0 unspecified atom stereocenters. The van der Waals surface area contributed by atoms with E-state index in [1.807, 2.05) is 12.1 Å². The molecule has 0 radical (unpaired) electrons. The Morgan fingerprint density at radius 3 is 2.30 bits per heavy atom. The van der Waals surface area contributed by atoms with Gasteiger partial charge in [0, 0.05) is 23.7 Å². The fourth-order valence-corrected chi connectivity index (χ4v) is 4.92. The van der Waals surface area contributed by atoms with E-state index >= 15 is 0 Å². The first kappa shape index (κ1) is 19.9. The summed E-state index contributed by atoms with van der Waals surface area (Å²) in [6.07, 6.45) is 2.30. The van der Waals surface area contributed by atoms with Crippen LogP contribution in [0.2, 0.25) is 5.02 Å². The molecule has 1 aliphatic heterocycles. The van der Waals surface area contributed by atoms with E-state index in [4.69, 9.17) is 16.3 Å². The first-order chi connectivity index (χ1) is 12.9. The Labute approximate surface area is 165 Å². The average molecular weight is 408 g/mol. The van der Waals surface area contributed by atoms with Crippen molar-refractivity contribution >= 4 is 27.6 Å². The summed E-state index contributed by atoms with van der Waals surface area (Å²) in [6.45, 7) is 2.83. The Morgan fingerprint density at radius 1 is 1.04 bits per heavy atom. The molecule has 0 spiro atoms. The van der Waals surface area contributed by atoms with Crippen LogP contribution < -0.4 is 0 Å². The molecule has 1 aliphatic rings. The highest BCUT2D eigenvalue weighted by atomic mass is 35.5. The van der Waals surface area contributed by atoms with Gasteiger partial charge in [0.1, 0.15) is 6.10 Å².